The lowest BCUT2D eigenvalue weighted by Gasteiger charge is -2.31. The number of hydrogen-bond donors (Lipinski definition) is 2. The quantitative estimate of drug-likeness (QED) is 0.604. The first-order valence-corrected chi connectivity index (χ1v) is 6.32. The number of nitrogens with two attached hydrogens (primary N) is 1. The van der Waals surface area contributed by atoms with Crippen molar-refractivity contribution >= 4 is 23.4 Å². The second-order valence-electron chi connectivity index (χ2n) is 4.79. The van der Waals surface area contributed by atoms with E-state index in [1.54, 1.807) is 4.90 Å². The molecule has 1 saturated heterocycles. The van der Waals surface area contributed by atoms with E-state index in [1.807, 2.05) is 0 Å². The molecule has 9 nitrogen and oxygen atoms in total. The summed E-state index contributed by atoms with van der Waals surface area (Å²) in [7, 11) is 0. The molecule has 1 aromatic rings. The monoisotopic (exact) mass is 294 g/mol. The second kappa shape index (κ2) is 5.73. The summed E-state index contributed by atoms with van der Waals surface area (Å²) in [5, 5.41) is 19.8. The SMILES string of the molecule is NC(=O)C1CCN(c2cc(C(=O)O)c([N+](=O)[O-])cn2)CC1. The number of carbonyl (C=O) groups is 2. The van der Waals surface area contributed by atoms with Gasteiger partial charge in [-0.15, -0.1) is 0 Å². The van der Waals surface area contributed by atoms with Gasteiger partial charge in [0.2, 0.25) is 5.91 Å². The van der Waals surface area contributed by atoms with Crippen molar-refractivity contribution in [1.29, 1.82) is 0 Å². The molecule has 0 unspecified atom stereocenters. The maximum Gasteiger partial charge on any atom is 0.342 e. The molecule has 2 rings (SSSR count). The molecule has 0 saturated carbocycles. The summed E-state index contributed by atoms with van der Waals surface area (Å²) in [6.45, 7) is 0.995. The van der Waals surface area contributed by atoms with Crippen molar-refractivity contribution in [3.05, 3.63) is 27.9 Å². The Balaban J connectivity index is 2.22. The zero-order valence-electron chi connectivity index (χ0n) is 11.1. The molecule has 21 heavy (non-hydrogen) atoms. The molecule has 2 heterocycles. The smallest absolute Gasteiger partial charge is 0.342 e. The maximum absolute atomic E-state index is 11.1. The van der Waals surface area contributed by atoms with Gasteiger partial charge in [0.05, 0.1) is 4.92 Å². The molecule has 1 amide bonds. The van der Waals surface area contributed by atoms with E-state index >= 15 is 0 Å². The Morgan fingerprint density at radius 2 is 2.05 bits per heavy atom. The van der Waals surface area contributed by atoms with Crippen LogP contribution in [0.3, 0.4) is 0 Å². The summed E-state index contributed by atoms with van der Waals surface area (Å²) >= 11 is 0. The molecule has 1 aliphatic rings. The average Bonchev–Trinajstić information content (AvgIpc) is 2.46. The molecule has 0 aromatic carbocycles. The Morgan fingerprint density at radius 3 is 2.52 bits per heavy atom. The molecular weight excluding hydrogens is 280 g/mol. The zero-order valence-corrected chi connectivity index (χ0v) is 11.1. The van der Waals surface area contributed by atoms with Crippen LogP contribution in [0.2, 0.25) is 0 Å². The number of carboxylic acids is 1. The van der Waals surface area contributed by atoms with Gasteiger partial charge in [-0.1, -0.05) is 0 Å². The number of nitrogens with zero attached hydrogens (tertiary/aromatic N) is 3. The van der Waals surface area contributed by atoms with E-state index in [1.165, 1.54) is 6.07 Å². The number of hydrogen-bond acceptors (Lipinski definition) is 6. The highest BCUT2D eigenvalue weighted by atomic mass is 16.6. The van der Waals surface area contributed by atoms with Crippen LogP contribution in [0, 0.1) is 16.0 Å². The maximum atomic E-state index is 11.1. The molecular formula is C12H14N4O5. The summed E-state index contributed by atoms with van der Waals surface area (Å²) in [6, 6.07) is 1.19. The van der Waals surface area contributed by atoms with Gasteiger partial charge in [0.1, 0.15) is 17.6 Å². The Bertz CT molecular complexity index is 595. The number of pyridine rings is 1. The van der Waals surface area contributed by atoms with Gasteiger partial charge in [0.15, 0.2) is 0 Å². The van der Waals surface area contributed by atoms with Crippen molar-refractivity contribution in [1.82, 2.24) is 4.98 Å². The topological polar surface area (TPSA) is 140 Å². The molecule has 0 bridgehead atoms. The number of aromatic nitrogens is 1. The van der Waals surface area contributed by atoms with Gasteiger partial charge in [0, 0.05) is 25.1 Å². The molecule has 1 fully saturated rings. The van der Waals surface area contributed by atoms with Crippen molar-refractivity contribution < 1.29 is 19.6 Å². The molecule has 9 heteroatoms. The lowest BCUT2D eigenvalue weighted by Crippen LogP contribution is -2.39. The van der Waals surface area contributed by atoms with Crippen LogP contribution in [0.15, 0.2) is 12.3 Å². The zero-order chi connectivity index (χ0) is 15.6. The standard InChI is InChI=1S/C12H14N4O5/c13-11(17)7-1-3-15(4-2-7)10-5-8(12(18)19)9(6-14-10)16(20)21/h5-7H,1-4H2,(H2,13,17)(H,18,19). The first kappa shape index (κ1) is 14.7. The fraction of sp³-hybridized carbons (Fsp3) is 0.417. The second-order valence-corrected chi connectivity index (χ2v) is 4.79. The number of carbonyl (C=O) groups excluding carboxylic acids is 1. The van der Waals surface area contributed by atoms with Crippen LogP contribution in [0.5, 0.6) is 0 Å². The van der Waals surface area contributed by atoms with Gasteiger partial charge in [-0.2, -0.15) is 0 Å². The fourth-order valence-electron chi connectivity index (χ4n) is 2.32. The molecule has 0 atom stereocenters. The number of anilines is 1. The minimum absolute atomic E-state index is 0.196. The molecule has 1 aromatic heterocycles. The highest BCUT2D eigenvalue weighted by Crippen LogP contribution is 2.26. The van der Waals surface area contributed by atoms with Crippen LogP contribution in [-0.2, 0) is 4.79 Å². The van der Waals surface area contributed by atoms with Crippen LogP contribution in [0.1, 0.15) is 23.2 Å². The van der Waals surface area contributed by atoms with Crippen molar-refractivity contribution in [2.45, 2.75) is 12.8 Å². The normalized spacial score (nSPS) is 15.7. The summed E-state index contributed by atoms with van der Waals surface area (Å²) in [5.74, 6) is -1.57. The van der Waals surface area contributed by atoms with Gasteiger partial charge in [-0.3, -0.25) is 14.9 Å². The largest absolute Gasteiger partial charge is 0.477 e. The van der Waals surface area contributed by atoms with E-state index in [9.17, 15) is 19.7 Å². The van der Waals surface area contributed by atoms with E-state index in [-0.39, 0.29) is 11.8 Å². The van der Waals surface area contributed by atoms with Crippen molar-refractivity contribution in [3.8, 4) is 0 Å². The van der Waals surface area contributed by atoms with E-state index < -0.39 is 22.1 Å². The molecule has 112 valence electrons. The number of primary amides is 1. The third-order valence-electron chi connectivity index (χ3n) is 3.52. The molecule has 1 aliphatic heterocycles. The van der Waals surface area contributed by atoms with Gasteiger partial charge < -0.3 is 15.7 Å². The van der Waals surface area contributed by atoms with Crippen LogP contribution in [0.4, 0.5) is 11.5 Å². The van der Waals surface area contributed by atoms with Gasteiger partial charge in [-0.05, 0) is 12.8 Å². The minimum atomic E-state index is -1.38. The third-order valence-corrected chi connectivity index (χ3v) is 3.52. The van der Waals surface area contributed by atoms with E-state index in [2.05, 4.69) is 4.98 Å². The first-order chi connectivity index (χ1) is 9.90. The van der Waals surface area contributed by atoms with Crippen molar-refractivity contribution in [2.24, 2.45) is 11.7 Å². The van der Waals surface area contributed by atoms with Gasteiger partial charge >= 0.3 is 11.7 Å². The van der Waals surface area contributed by atoms with Gasteiger partial charge in [-0.25, -0.2) is 9.78 Å². The third kappa shape index (κ3) is 3.07. The molecule has 0 radical (unpaired) electrons. The minimum Gasteiger partial charge on any atom is -0.477 e. The molecule has 3 N–H and O–H groups in total. The summed E-state index contributed by atoms with van der Waals surface area (Å²) in [6.07, 6.45) is 2.05. The number of nitro groups is 1. The predicted octanol–water partition coefficient (Wildman–Crippen LogP) is 0.390. The highest BCUT2D eigenvalue weighted by Gasteiger charge is 2.26. The average molecular weight is 294 g/mol. The number of rotatable bonds is 4. The van der Waals surface area contributed by atoms with Crippen LogP contribution >= 0.6 is 0 Å². The fourth-order valence-corrected chi connectivity index (χ4v) is 2.32. The van der Waals surface area contributed by atoms with Crippen LogP contribution in [0.25, 0.3) is 0 Å². The van der Waals surface area contributed by atoms with Crippen LogP contribution in [-0.4, -0.2) is 40.0 Å². The van der Waals surface area contributed by atoms with E-state index in [0.29, 0.717) is 31.7 Å². The number of amides is 1. The summed E-state index contributed by atoms with van der Waals surface area (Å²) in [4.78, 5) is 37.9. The number of carboxylic acid groups (broad SMARTS) is 1. The predicted molar refractivity (Wildman–Crippen MR) is 72.0 cm³/mol. The number of aromatic carboxylic acids is 1. The highest BCUT2D eigenvalue weighted by molar-refractivity contribution is 5.93. The summed E-state index contributed by atoms with van der Waals surface area (Å²) in [5.41, 5.74) is 4.30. The Morgan fingerprint density at radius 1 is 1.43 bits per heavy atom. The van der Waals surface area contributed by atoms with Gasteiger partial charge in [0.25, 0.3) is 0 Å². The first-order valence-electron chi connectivity index (χ1n) is 6.32. The van der Waals surface area contributed by atoms with E-state index in [4.69, 9.17) is 10.8 Å². The lowest BCUT2D eigenvalue weighted by atomic mass is 9.96. The molecule has 0 aliphatic carbocycles. The molecule has 0 spiro atoms. The van der Waals surface area contributed by atoms with E-state index in [0.717, 1.165) is 6.20 Å². The Kier molecular flexibility index (Phi) is 4.01. The summed E-state index contributed by atoms with van der Waals surface area (Å²) < 4.78 is 0. The van der Waals surface area contributed by atoms with Crippen molar-refractivity contribution in [3.63, 3.8) is 0 Å². The van der Waals surface area contributed by atoms with Crippen molar-refractivity contribution in [2.75, 3.05) is 18.0 Å². The Labute approximate surface area is 119 Å². The number of piperidine rings is 1. The van der Waals surface area contributed by atoms with Crippen LogP contribution < -0.4 is 10.6 Å². The Hall–Kier alpha value is -2.71. The lowest BCUT2D eigenvalue weighted by molar-refractivity contribution is -0.385.